The quantitative estimate of drug-likeness (QED) is 0.447. The average Bonchev–Trinajstić information content (AvgIpc) is 2.46. The molecule has 0 bridgehead atoms. The Hall–Kier alpha value is -2.10. The first-order valence-electron chi connectivity index (χ1n) is 5.96. The normalized spacial score (nSPS) is 11.7. The van der Waals surface area contributed by atoms with Gasteiger partial charge in [-0.1, -0.05) is 36.4 Å². The Morgan fingerprint density at radius 1 is 1.16 bits per heavy atom. The Kier molecular flexibility index (Phi) is 5.79. The Labute approximate surface area is 113 Å². The minimum atomic E-state index is -0.979. The van der Waals surface area contributed by atoms with E-state index in [-0.39, 0.29) is 5.92 Å². The number of methoxy groups -OCH3 is 2. The number of benzene rings is 1. The van der Waals surface area contributed by atoms with Crippen LogP contribution in [0, 0.1) is 11.8 Å². The molecule has 4 nitrogen and oxygen atoms in total. The lowest BCUT2D eigenvalue weighted by Crippen LogP contribution is -2.33. The Morgan fingerprint density at radius 3 is 2.11 bits per heavy atom. The molecule has 1 aromatic rings. The highest BCUT2D eigenvalue weighted by Gasteiger charge is 2.35. The van der Waals surface area contributed by atoms with E-state index in [1.807, 2.05) is 30.3 Å². The number of rotatable bonds is 6. The van der Waals surface area contributed by atoms with Crippen LogP contribution >= 0.6 is 0 Å². The van der Waals surface area contributed by atoms with E-state index in [2.05, 4.69) is 16.1 Å². The zero-order valence-corrected chi connectivity index (χ0v) is 11.2. The predicted octanol–water partition coefficient (Wildman–Crippen LogP) is 1.99. The molecule has 0 spiro atoms. The minimum Gasteiger partial charge on any atom is -0.468 e. The summed E-state index contributed by atoms with van der Waals surface area (Å²) in [5.41, 5.74) is 1.02. The lowest BCUT2D eigenvalue weighted by molar-refractivity contribution is -0.160. The van der Waals surface area contributed by atoms with Gasteiger partial charge in [0.1, 0.15) is 0 Å². The summed E-state index contributed by atoms with van der Waals surface area (Å²) in [6.07, 6.45) is 2.12. The molecular formula is C15H18O4. The van der Waals surface area contributed by atoms with Crippen molar-refractivity contribution in [1.29, 1.82) is 0 Å². The van der Waals surface area contributed by atoms with Crippen LogP contribution in [-0.4, -0.2) is 26.2 Å². The summed E-state index contributed by atoms with van der Waals surface area (Å²) in [6, 6.07) is 9.58. The zero-order chi connectivity index (χ0) is 14.3. The largest absolute Gasteiger partial charge is 0.468 e. The molecule has 1 rings (SSSR count). The third kappa shape index (κ3) is 3.95. The van der Waals surface area contributed by atoms with Crippen molar-refractivity contribution in [2.45, 2.75) is 6.42 Å². The lowest BCUT2D eigenvalue weighted by Gasteiger charge is -2.20. The van der Waals surface area contributed by atoms with E-state index in [1.54, 1.807) is 6.08 Å². The van der Waals surface area contributed by atoms with Gasteiger partial charge in [-0.25, -0.2) is 0 Å². The Bertz CT molecular complexity index is 423. The summed E-state index contributed by atoms with van der Waals surface area (Å²) in [4.78, 5) is 23.5. The van der Waals surface area contributed by atoms with Gasteiger partial charge in [-0.3, -0.25) is 9.59 Å². The van der Waals surface area contributed by atoms with Gasteiger partial charge < -0.3 is 9.47 Å². The van der Waals surface area contributed by atoms with Crippen molar-refractivity contribution in [1.82, 2.24) is 0 Å². The fourth-order valence-corrected chi connectivity index (χ4v) is 1.92. The first-order chi connectivity index (χ1) is 9.13. The predicted molar refractivity (Wildman–Crippen MR) is 71.4 cm³/mol. The number of hydrogen-bond donors (Lipinski definition) is 0. The summed E-state index contributed by atoms with van der Waals surface area (Å²) >= 11 is 0. The number of carbonyl (C=O) groups excluding carboxylic acids is 2. The number of ether oxygens (including phenoxy) is 2. The number of esters is 2. The molecule has 0 aliphatic heterocycles. The molecular weight excluding hydrogens is 244 g/mol. The molecule has 1 atom stereocenters. The SMILES string of the molecule is C=C[C@@H](Cc1ccccc1)C(C(=O)OC)C(=O)OC. The van der Waals surface area contributed by atoms with E-state index in [4.69, 9.17) is 0 Å². The minimum absolute atomic E-state index is 0.359. The maximum absolute atomic E-state index is 11.7. The van der Waals surface area contributed by atoms with E-state index in [1.165, 1.54) is 14.2 Å². The van der Waals surface area contributed by atoms with E-state index in [9.17, 15) is 9.59 Å². The van der Waals surface area contributed by atoms with Gasteiger partial charge in [-0.2, -0.15) is 0 Å². The molecule has 0 heterocycles. The summed E-state index contributed by atoms with van der Waals surface area (Å²) < 4.78 is 9.34. The molecule has 102 valence electrons. The van der Waals surface area contributed by atoms with Crippen LogP contribution in [0.15, 0.2) is 43.0 Å². The van der Waals surface area contributed by atoms with Gasteiger partial charge in [0.2, 0.25) is 0 Å². The molecule has 0 aliphatic rings. The van der Waals surface area contributed by atoms with Crippen molar-refractivity contribution in [3.63, 3.8) is 0 Å². The highest BCUT2D eigenvalue weighted by Crippen LogP contribution is 2.21. The molecule has 19 heavy (non-hydrogen) atoms. The monoisotopic (exact) mass is 262 g/mol. The van der Waals surface area contributed by atoms with Crippen LogP contribution in [0.1, 0.15) is 5.56 Å². The van der Waals surface area contributed by atoms with Crippen LogP contribution in [0.3, 0.4) is 0 Å². The second kappa shape index (κ2) is 7.36. The van der Waals surface area contributed by atoms with Crippen LogP contribution in [-0.2, 0) is 25.5 Å². The molecule has 0 saturated carbocycles. The third-order valence-corrected chi connectivity index (χ3v) is 2.96. The summed E-state index contributed by atoms with van der Waals surface area (Å²) in [5.74, 6) is -2.55. The highest BCUT2D eigenvalue weighted by atomic mass is 16.5. The van der Waals surface area contributed by atoms with Crippen molar-refractivity contribution < 1.29 is 19.1 Å². The maximum Gasteiger partial charge on any atom is 0.320 e. The molecule has 1 aromatic carbocycles. The number of carbonyl (C=O) groups is 2. The van der Waals surface area contributed by atoms with Crippen LogP contribution in [0.4, 0.5) is 0 Å². The standard InChI is InChI=1S/C15H18O4/c1-4-12(10-11-8-6-5-7-9-11)13(14(16)18-2)15(17)19-3/h4-9,12-13H,1,10H2,2-3H3/t12-/m0/s1. The van der Waals surface area contributed by atoms with Gasteiger partial charge in [0.25, 0.3) is 0 Å². The number of hydrogen-bond acceptors (Lipinski definition) is 4. The van der Waals surface area contributed by atoms with Gasteiger partial charge in [0.05, 0.1) is 14.2 Å². The first-order valence-corrected chi connectivity index (χ1v) is 5.96. The van der Waals surface area contributed by atoms with Crippen LogP contribution in [0.25, 0.3) is 0 Å². The van der Waals surface area contributed by atoms with Crippen LogP contribution < -0.4 is 0 Å². The van der Waals surface area contributed by atoms with Crippen molar-refractivity contribution >= 4 is 11.9 Å². The number of allylic oxidation sites excluding steroid dienone is 1. The van der Waals surface area contributed by atoms with Crippen molar-refractivity contribution in [2.75, 3.05) is 14.2 Å². The molecule has 0 amide bonds. The summed E-state index contributed by atoms with van der Waals surface area (Å²) in [7, 11) is 2.50. The zero-order valence-electron chi connectivity index (χ0n) is 11.2. The van der Waals surface area contributed by atoms with Crippen molar-refractivity contribution in [3.8, 4) is 0 Å². The summed E-state index contributed by atoms with van der Waals surface area (Å²) in [5, 5.41) is 0. The molecule has 0 N–H and O–H groups in total. The highest BCUT2D eigenvalue weighted by molar-refractivity contribution is 5.95. The second-order valence-electron chi connectivity index (χ2n) is 4.11. The topological polar surface area (TPSA) is 52.6 Å². The fourth-order valence-electron chi connectivity index (χ4n) is 1.92. The molecule has 4 heteroatoms. The van der Waals surface area contributed by atoms with Crippen LogP contribution in [0.2, 0.25) is 0 Å². The fraction of sp³-hybridized carbons (Fsp3) is 0.333. The van der Waals surface area contributed by atoms with E-state index in [0.29, 0.717) is 6.42 Å². The maximum atomic E-state index is 11.7. The Balaban J connectivity index is 2.93. The van der Waals surface area contributed by atoms with Gasteiger partial charge in [0.15, 0.2) is 5.92 Å². The van der Waals surface area contributed by atoms with Crippen LogP contribution in [0.5, 0.6) is 0 Å². The first kappa shape index (κ1) is 15.0. The second-order valence-corrected chi connectivity index (χ2v) is 4.11. The molecule has 0 saturated heterocycles. The van der Waals surface area contributed by atoms with E-state index >= 15 is 0 Å². The molecule has 0 aliphatic carbocycles. The average molecular weight is 262 g/mol. The molecule has 0 radical (unpaired) electrons. The molecule has 0 aromatic heterocycles. The summed E-state index contributed by atoms with van der Waals surface area (Å²) in [6.45, 7) is 3.70. The molecule has 0 fully saturated rings. The van der Waals surface area contributed by atoms with E-state index in [0.717, 1.165) is 5.56 Å². The van der Waals surface area contributed by atoms with Crippen molar-refractivity contribution in [2.24, 2.45) is 11.8 Å². The third-order valence-electron chi connectivity index (χ3n) is 2.96. The Morgan fingerprint density at radius 2 is 1.68 bits per heavy atom. The lowest BCUT2D eigenvalue weighted by atomic mass is 9.87. The molecule has 0 unspecified atom stereocenters. The van der Waals surface area contributed by atoms with Gasteiger partial charge in [-0.15, -0.1) is 6.58 Å². The van der Waals surface area contributed by atoms with Gasteiger partial charge in [-0.05, 0) is 12.0 Å². The van der Waals surface area contributed by atoms with Gasteiger partial charge in [0, 0.05) is 5.92 Å². The van der Waals surface area contributed by atoms with Crippen molar-refractivity contribution in [3.05, 3.63) is 48.6 Å². The smallest absolute Gasteiger partial charge is 0.320 e. The van der Waals surface area contributed by atoms with Gasteiger partial charge >= 0.3 is 11.9 Å². The van der Waals surface area contributed by atoms with E-state index < -0.39 is 17.9 Å².